The molecule has 0 bridgehead atoms. The molecule has 2 aromatic carbocycles. The number of fused-ring (bicyclic) bond motifs is 1. The van der Waals surface area contributed by atoms with Gasteiger partial charge in [0.15, 0.2) is 5.41 Å². The summed E-state index contributed by atoms with van der Waals surface area (Å²) in [5.74, 6) is 0.109. The molecule has 2 N–H and O–H groups in total. The second kappa shape index (κ2) is 9.26. The van der Waals surface area contributed by atoms with Crippen LogP contribution in [0.5, 0.6) is 5.75 Å². The standard InChI is InChI=1S/C28H25ClN4O/c1-17-11-18(2)24(12-19(17)14-34-21-9-7-20(29)8-10-21)26-23-6-4-3-5-22(23)25(13-30)27(33)28(26,15-31)16-32/h5,7-12,23,26H,3-4,6,14,33H2,1-2H3/t23-,26-/m1/s1. The highest BCUT2D eigenvalue weighted by molar-refractivity contribution is 6.30. The van der Waals surface area contributed by atoms with Gasteiger partial charge in [0.25, 0.3) is 0 Å². The zero-order chi connectivity index (χ0) is 24.5. The van der Waals surface area contributed by atoms with Gasteiger partial charge < -0.3 is 10.5 Å². The molecule has 0 fully saturated rings. The van der Waals surface area contributed by atoms with Gasteiger partial charge in [-0.3, -0.25) is 0 Å². The van der Waals surface area contributed by atoms with E-state index >= 15 is 0 Å². The number of hydrogen-bond acceptors (Lipinski definition) is 5. The number of hydrogen-bond donors (Lipinski definition) is 1. The minimum atomic E-state index is -1.61. The van der Waals surface area contributed by atoms with Crippen LogP contribution in [0.15, 0.2) is 59.3 Å². The first-order chi connectivity index (χ1) is 16.4. The van der Waals surface area contributed by atoms with Crippen molar-refractivity contribution in [2.75, 3.05) is 0 Å². The summed E-state index contributed by atoms with van der Waals surface area (Å²) in [6, 6.07) is 17.9. The molecule has 0 aromatic heterocycles. The lowest BCUT2D eigenvalue weighted by molar-refractivity contribution is 0.302. The van der Waals surface area contributed by atoms with Gasteiger partial charge in [0.05, 0.1) is 23.4 Å². The van der Waals surface area contributed by atoms with Crippen LogP contribution in [0.3, 0.4) is 0 Å². The molecule has 34 heavy (non-hydrogen) atoms. The molecule has 4 rings (SSSR count). The van der Waals surface area contributed by atoms with Gasteiger partial charge in [0.2, 0.25) is 0 Å². The second-order valence-electron chi connectivity index (χ2n) is 8.98. The largest absolute Gasteiger partial charge is 0.489 e. The normalized spacial score (nSPS) is 20.9. The molecular weight excluding hydrogens is 444 g/mol. The Morgan fingerprint density at radius 2 is 1.79 bits per heavy atom. The molecule has 0 spiro atoms. The van der Waals surface area contributed by atoms with Gasteiger partial charge in [-0.15, -0.1) is 0 Å². The Balaban J connectivity index is 1.83. The first-order valence-corrected chi connectivity index (χ1v) is 11.7. The summed E-state index contributed by atoms with van der Waals surface area (Å²) in [7, 11) is 0. The van der Waals surface area contributed by atoms with Gasteiger partial charge in [-0.05, 0) is 91.1 Å². The smallest absolute Gasteiger partial charge is 0.191 e. The molecule has 0 saturated carbocycles. The van der Waals surface area contributed by atoms with Crippen molar-refractivity contribution in [3.8, 4) is 24.0 Å². The molecule has 5 nitrogen and oxygen atoms in total. The zero-order valence-corrected chi connectivity index (χ0v) is 20.0. The summed E-state index contributed by atoms with van der Waals surface area (Å²) >= 11 is 5.97. The number of nitrogens with two attached hydrogens (primary N) is 1. The Morgan fingerprint density at radius 3 is 2.44 bits per heavy atom. The van der Waals surface area contributed by atoms with Crippen molar-refractivity contribution in [3.63, 3.8) is 0 Å². The maximum absolute atomic E-state index is 10.3. The highest BCUT2D eigenvalue weighted by Gasteiger charge is 2.54. The van der Waals surface area contributed by atoms with Gasteiger partial charge >= 0.3 is 0 Å². The maximum Gasteiger partial charge on any atom is 0.191 e. The lowest BCUT2D eigenvalue weighted by atomic mass is 9.56. The van der Waals surface area contributed by atoms with Crippen molar-refractivity contribution in [3.05, 3.63) is 86.6 Å². The molecule has 0 unspecified atom stereocenters. The summed E-state index contributed by atoms with van der Waals surface area (Å²) in [5, 5.41) is 31.0. The summed E-state index contributed by atoms with van der Waals surface area (Å²) in [6.07, 6.45) is 4.65. The molecule has 0 heterocycles. The predicted octanol–water partition coefficient (Wildman–Crippen LogP) is 6.13. The molecule has 0 radical (unpaired) electrons. The Labute approximate surface area is 205 Å². The monoisotopic (exact) mass is 468 g/mol. The summed E-state index contributed by atoms with van der Waals surface area (Å²) < 4.78 is 6.00. The van der Waals surface area contributed by atoms with Gasteiger partial charge in [0.1, 0.15) is 18.4 Å². The topological polar surface area (TPSA) is 107 Å². The molecule has 2 aromatic rings. The van der Waals surface area contributed by atoms with Crippen molar-refractivity contribution in [1.82, 2.24) is 0 Å². The van der Waals surface area contributed by atoms with E-state index in [0.717, 1.165) is 47.1 Å². The summed E-state index contributed by atoms with van der Waals surface area (Å²) in [4.78, 5) is 0. The molecule has 2 atom stereocenters. The third-order valence-electron chi connectivity index (χ3n) is 7.07. The van der Waals surface area contributed by atoms with E-state index in [1.165, 1.54) is 0 Å². The van der Waals surface area contributed by atoms with E-state index in [4.69, 9.17) is 22.1 Å². The van der Waals surface area contributed by atoms with Crippen LogP contribution in [-0.4, -0.2) is 0 Å². The minimum absolute atomic E-state index is 0.0633. The summed E-state index contributed by atoms with van der Waals surface area (Å²) in [5.41, 5.74) is 9.96. The average Bonchev–Trinajstić information content (AvgIpc) is 2.84. The Morgan fingerprint density at radius 1 is 1.09 bits per heavy atom. The number of nitriles is 3. The summed E-state index contributed by atoms with van der Waals surface area (Å²) in [6.45, 7) is 4.35. The minimum Gasteiger partial charge on any atom is -0.489 e. The maximum atomic E-state index is 10.3. The van der Waals surface area contributed by atoms with Crippen LogP contribution < -0.4 is 10.5 Å². The number of aryl methyl sites for hydroxylation is 2. The average molecular weight is 469 g/mol. The van der Waals surface area contributed by atoms with E-state index in [1.54, 1.807) is 12.1 Å². The van der Waals surface area contributed by atoms with E-state index in [2.05, 4.69) is 30.4 Å². The third-order valence-corrected chi connectivity index (χ3v) is 7.32. The molecule has 0 amide bonds. The van der Waals surface area contributed by atoms with E-state index in [-0.39, 0.29) is 11.6 Å². The van der Waals surface area contributed by atoms with Crippen LogP contribution in [-0.2, 0) is 6.61 Å². The van der Waals surface area contributed by atoms with Gasteiger partial charge in [0, 0.05) is 10.9 Å². The predicted molar refractivity (Wildman–Crippen MR) is 130 cm³/mol. The lowest BCUT2D eigenvalue weighted by Gasteiger charge is -2.44. The zero-order valence-electron chi connectivity index (χ0n) is 19.2. The molecular formula is C28H25ClN4O. The van der Waals surface area contributed by atoms with Gasteiger partial charge in [-0.1, -0.05) is 29.8 Å². The fourth-order valence-corrected chi connectivity index (χ4v) is 5.44. The molecule has 170 valence electrons. The molecule has 2 aliphatic carbocycles. The van der Waals surface area contributed by atoms with Crippen LogP contribution in [0.1, 0.15) is 47.4 Å². The van der Waals surface area contributed by atoms with Gasteiger partial charge in [-0.2, -0.15) is 15.8 Å². The van der Waals surface area contributed by atoms with E-state index in [0.29, 0.717) is 23.0 Å². The SMILES string of the molecule is Cc1cc(C)c([C@H]2[C@@H]3CCCC=C3C(C#N)=C(N)C2(C#N)C#N)cc1COc1ccc(Cl)cc1. The number of ether oxygens (including phenoxy) is 1. The van der Waals surface area contributed by atoms with E-state index in [1.807, 2.05) is 32.0 Å². The van der Waals surface area contributed by atoms with Crippen molar-refractivity contribution in [2.45, 2.75) is 45.6 Å². The van der Waals surface area contributed by atoms with Crippen LogP contribution in [0.4, 0.5) is 0 Å². The lowest BCUT2D eigenvalue weighted by Crippen LogP contribution is -2.43. The number of benzene rings is 2. The Hall–Kier alpha value is -3.72. The second-order valence-corrected chi connectivity index (χ2v) is 9.42. The number of rotatable bonds is 4. The first kappa shape index (κ1) is 23.4. The third kappa shape index (κ3) is 3.81. The highest BCUT2D eigenvalue weighted by Crippen LogP contribution is 2.56. The van der Waals surface area contributed by atoms with Crippen molar-refractivity contribution in [2.24, 2.45) is 17.1 Å². The van der Waals surface area contributed by atoms with Crippen molar-refractivity contribution in [1.29, 1.82) is 15.8 Å². The van der Waals surface area contributed by atoms with E-state index < -0.39 is 11.3 Å². The van der Waals surface area contributed by atoms with E-state index in [9.17, 15) is 15.8 Å². The molecule has 6 heteroatoms. The highest BCUT2D eigenvalue weighted by atomic mass is 35.5. The van der Waals surface area contributed by atoms with Crippen LogP contribution in [0, 0.1) is 59.2 Å². The van der Waals surface area contributed by atoms with Crippen LogP contribution >= 0.6 is 11.6 Å². The molecule has 2 aliphatic rings. The number of nitrogens with zero attached hydrogens (tertiary/aromatic N) is 3. The molecule has 0 aliphatic heterocycles. The number of allylic oxidation sites excluding steroid dienone is 4. The van der Waals surface area contributed by atoms with Crippen molar-refractivity contribution >= 4 is 11.6 Å². The fraction of sp³-hybridized carbons (Fsp3) is 0.321. The fourth-order valence-electron chi connectivity index (χ4n) is 5.32. The Kier molecular flexibility index (Phi) is 6.39. The molecule has 0 saturated heterocycles. The van der Waals surface area contributed by atoms with Crippen LogP contribution in [0.25, 0.3) is 0 Å². The first-order valence-electron chi connectivity index (χ1n) is 11.3. The van der Waals surface area contributed by atoms with Crippen LogP contribution in [0.2, 0.25) is 5.02 Å². The van der Waals surface area contributed by atoms with Crippen molar-refractivity contribution < 1.29 is 4.74 Å². The quantitative estimate of drug-likeness (QED) is 0.580. The number of halogens is 1. The Bertz CT molecular complexity index is 1300. The van der Waals surface area contributed by atoms with Gasteiger partial charge in [-0.25, -0.2) is 0 Å².